The third-order valence-electron chi connectivity index (χ3n) is 3.52. The quantitative estimate of drug-likeness (QED) is 0.929. The molecular formula is C13H18N2OS3. The third-order valence-corrected chi connectivity index (χ3v) is 7.05. The fourth-order valence-electron chi connectivity index (χ4n) is 2.54. The molecule has 1 N–H and O–H groups in total. The van der Waals surface area contributed by atoms with E-state index in [9.17, 15) is 4.79 Å². The molecule has 3 atom stereocenters. The lowest BCUT2D eigenvalue weighted by atomic mass is 10.2. The minimum Gasteiger partial charge on any atom is -0.320 e. The smallest absolute Gasteiger partial charge is 0.241 e. The number of carbonyl (C=O) groups is 1. The maximum Gasteiger partial charge on any atom is 0.241 e. The first kappa shape index (κ1) is 13.8. The molecule has 104 valence electrons. The molecule has 19 heavy (non-hydrogen) atoms. The van der Waals surface area contributed by atoms with Crippen LogP contribution in [-0.4, -0.2) is 45.9 Å². The monoisotopic (exact) mass is 314 g/mol. The summed E-state index contributed by atoms with van der Waals surface area (Å²) in [6, 6.07) is 2.05. The number of rotatable bonds is 3. The topological polar surface area (TPSA) is 32.3 Å². The first-order valence-corrected chi connectivity index (χ1v) is 9.68. The highest BCUT2D eigenvalue weighted by atomic mass is 32.2. The average Bonchev–Trinajstić information content (AvgIpc) is 3.04. The van der Waals surface area contributed by atoms with E-state index in [1.54, 1.807) is 11.3 Å². The van der Waals surface area contributed by atoms with Gasteiger partial charge >= 0.3 is 0 Å². The molecule has 3 unspecified atom stereocenters. The van der Waals surface area contributed by atoms with Gasteiger partial charge < -0.3 is 4.90 Å². The normalized spacial score (nSPS) is 31.9. The van der Waals surface area contributed by atoms with E-state index in [1.807, 2.05) is 35.3 Å². The van der Waals surface area contributed by atoms with Crippen LogP contribution in [0.1, 0.15) is 18.7 Å². The van der Waals surface area contributed by atoms with Crippen LogP contribution in [0.2, 0.25) is 0 Å². The summed E-state index contributed by atoms with van der Waals surface area (Å²) in [7, 11) is 0. The predicted molar refractivity (Wildman–Crippen MR) is 84.9 cm³/mol. The second kappa shape index (κ2) is 6.08. The van der Waals surface area contributed by atoms with Gasteiger partial charge in [0, 0.05) is 29.1 Å². The standard InChI is InChI=1S/C13H18N2OS3/c1-9-13(16)15(6-11-8-18-4-5-19-11)12(14-9)10-2-3-17-7-10/h2-3,7,9,11-12,14H,4-6,8H2,1H3. The Kier molecular flexibility index (Phi) is 4.41. The molecule has 3 nitrogen and oxygen atoms in total. The van der Waals surface area contributed by atoms with Crippen LogP contribution in [0.15, 0.2) is 16.8 Å². The Hall–Kier alpha value is -0.170. The van der Waals surface area contributed by atoms with E-state index >= 15 is 0 Å². The molecule has 6 heteroatoms. The number of nitrogens with one attached hydrogen (secondary N) is 1. The molecule has 2 saturated heterocycles. The Morgan fingerprint density at radius 2 is 2.37 bits per heavy atom. The Labute approximate surface area is 126 Å². The number of amides is 1. The molecule has 0 bridgehead atoms. The van der Waals surface area contributed by atoms with Gasteiger partial charge in [0.25, 0.3) is 0 Å². The Balaban J connectivity index is 1.73. The van der Waals surface area contributed by atoms with Crippen LogP contribution in [0, 0.1) is 0 Å². The van der Waals surface area contributed by atoms with Crippen molar-refractivity contribution in [1.29, 1.82) is 0 Å². The van der Waals surface area contributed by atoms with E-state index < -0.39 is 0 Å². The summed E-state index contributed by atoms with van der Waals surface area (Å²) in [5.41, 5.74) is 1.22. The van der Waals surface area contributed by atoms with Gasteiger partial charge in [0.05, 0.1) is 6.04 Å². The summed E-state index contributed by atoms with van der Waals surface area (Å²) in [5.74, 6) is 3.87. The van der Waals surface area contributed by atoms with Crippen LogP contribution >= 0.6 is 34.9 Å². The summed E-state index contributed by atoms with van der Waals surface area (Å²) in [4.78, 5) is 14.4. The van der Waals surface area contributed by atoms with E-state index in [0.717, 1.165) is 6.54 Å². The van der Waals surface area contributed by atoms with Crippen molar-refractivity contribution in [3.05, 3.63) is 22.4 Å². The molecule has 0 radical (unpaired) electrons. The summed E-state index contributed by atoms with van der Waals surface area (Å²) >= 11 is 5.71. The highest BCUT2D eigenvalue weighted by molar-refractivity contribution is 8.06. The van der Waals surface area contributed by atoms with Crippen molar-refractivity contribution in [2.45, 2.75) is 24.4 Å². The zero-order valence-electron chi connectivity index (χ0n) is 10.9. The summed E-state index contributed by atoms with van der Waals surface area (Å²) in [5, 5.41) is 8.21. The Bertz CT molecular complexity index is 431. The van der Waals surface area contributed by atoms with Crippen molar-refractivity contribution < 1.29 is 4.79 Å². The second-order valence-corrected chi connectivity index (χ2v) is 8.24. The molecule has 2 aliphatic rings. The van der Waals surface area contributed by atoms with Crippen molar-refractivity contribution in [2.75, 3.05) is 23.8 Å². The zero-order valence-corrected chi connectivity index (χ0v) is 13.3. The summed E-state index contributed by atoms with van der Waals surface area (Å²) in [6.07, 6.45) is 0.0706. The van der Waals surface area contributed by atoms with Gasteiger partial charge in [-0.25, -0.2) is 0 Å². The van der Waals surface area contributed by atoms with Crippen LogP contribution in [0.25, 0.3) is 0 Å². The molecule has 3 rings (SSSR count). The maximum absolute atomic E-state index is 12.3. The first-order chi connectivity index (χ1) is 9.25. The van der Waals surface area contributed by atoms with Gasteiger partial charge in [-0.2, -0.15) is 34.9 Å². The van der Waals surface area contributed by atoms with Crippen LogP contribution in [-0.2, 0) is 4.79 Å². The highest BCUT2D eigenvalue weighted by Crippen LogP contribution is 2.31. The van der Waals surface area contributed by atoms with Crippen LogP contribution in [0.3, 0.4) is 0 Å². The van der Waals surface area contributed by atoms with Crippen LogP contribution < -0.4 is 5.32 Å². The van der Waals surface area contributed by atoms with E-state index in [4.69, 9.17) is 0 Å². The van der Waals surface area contributed by atoms with Crippen LogP contribution in [0.4, 0.5) is 0 Å². The number of hydrogen-bond acceptors (Lipinski definition) is 5. The fraction of sp³-hybridized carbons (Fsp3) is 0.615. The van der Waals surface area contributed by atoms with Crippen molar-refractivity contribution in [3.8, 4) is 0 Å². The van der Waals surface area contributed by atoms with E-state index in [0.29, 0.717) is 5.25 Å². The molecule has 1 amide bonds. The SMILES string of the molecule is CC1NC(c2ccsc2)N(CC2CSCCS2)C1=O. The minimum absolute atomic E-state index is 0.0638. The van der Waals surface area contributed by atoms with Crippen LogP contribution in [0.5, 0.6) is 0 Å². The Morgan fingerprint density at radius 3 is 3.05 bits per heavy atom. The third kappa shape index (κ3) is 2.96. The van der Waals surface area contributed by atoms with Gasteiger partial charge in [0.1, 0.15) is 6.17 Å². The number of thioether (sulfide) groups is 2. The lowest BCUT2D eigenvalue weighted by Crippen LogP contribution is -2.38. The number of carbonyl (C=O) groups excluding carboxylic acids is 1. The number of nitrogens with zero attached hydrogens (tertiary/aromatic N) is 1. The summed E-state index contributed by atoms with van der Waals surface area (Å²) < 4.78 is 0. The van der Waals surface area contributed by atoms with E-state index in [2.05, 4.69) is 22.1 Å². The number of hydrogen-bond donors (Lipinski definition) is 1. The van der Waals surface area contributed by atoms with Crippen molar-refractivity contribution in [3.63, 3.8) is 0 Å². The molecule has 0 aromatic carbocycles. The molecule has 1 aromatic heterocycles. The molecule has 0 saturated carbocycles. The Morgan fingerprint density at radius 1 is 1.47 bits per heavy atom. The maximum atomic E-state index is 12.3. The lowest BCUT2D eigenvalue weighted by Gasteiger charge is -2.29. The fourth-order valence-corrected chi connectivity index (χ4v) is 5.88. The second-order valence-electron chi connectivity index (χ2n) is 4.91. The van der Waals surface area contributed by atoms with E-state index in [1.165, 1.54) is 22.8 Å². The number of thiophene rings is 1. The highest BCUT2D eigenvalue weighted by Gasteiger charge is 2.38. The predicted octanol–water partition coefficient (Wildman–Crippen LogP) is 2.42. The summed E-state index contributed by atoms with van der Waals surface area (Å²) in [6.45, 7) is 2.83. The minimum atomic E-state index is -0.0638. The average molecular weight is 315 g/mol. The van der Waals surface area contributed by atoms with E-state index in [-0.39, 0.29) is 18.1 Å². The molecule has 0 spiro atoms. The largest absolute Gasteiger partial charge is 0.320 e. The van der Waals surface area contributed by atoms with Crippen molar-refractivity contribution >= 4 is 40.8 Å². The van der Waals surface area contributed by atoms with Gasteiger partial charge in [-0.3, -0.25) is 10.1 Å². The first-order valence-electron chi connectivity index (χ1n) is 6.53. The lowest BCUT2D eigenvalue weighted by molar-refractivity contribution is -0.129. The molecular weight excluding hydrogens is 296 g/mol. The molecule has 0 aliphatic carbocycles. The molecule has 2 fully saturated rings. The molecule has 2 aliphatic heterocycles. The van der Waals surface area contributed by atoms with Gasteiger partial charge in [0.15, 0.2) is 0 Å². The zero-order chi connectivity index (χ0) is 13.2. The molecule has 3 heterocycles. The van der Waals surface area contributed by atoms with Gasteiger partial charge in [0.2, 0.25) is 5.91 Å². The van der Waals surface area contributed by atoms with Crippen molar-refractivity contribution in [2.24, 2.45) is 0 Å². The molecule has 1 aromatic rings. The van der Waals surface area contributed by atoms with Gasteiger partial charge in [-0.1, -0.05) is 0 Å². The van der Waals surface area contributed by atoms with Gasteiger partial charge in [-0.15, -0.1) is 0 Å². The van der Waals surface area contributed by atoms with Gasteiger partial charge in [-0.05, 0) is 29.3 Å². The van der Waals surface area contributed by atoms with Crippen molar-refractivity contribution in [1.82, 2.24) is 10.2 Å².